The second kappa shape index (κ2) is 6.02. The number of carbonyl (C=O) groups excluding carboxylic acids is 2. The molecule has 1 aromatic rings. The third-order valence-electron chi connectivity index (χ3n) is 7.19. The highest BCUT2D eigenvalue weighted by molar-refractivity contribution is 5.99. The van der Waals surface area contributed by atoms with Crippen molar-refractivity contribution < 1.29 is 9.59 Å². The number of nitrogens with one attached hydrogen (secondary N) is 2. The molecule has 5 rings (SSSR count). The average molecular weight is 391 g/mol. The number of benzene rings is 1. The van der Waals surface area contributed by atoms with Gasteiger partial charge in [0, 0.05) is 23.7 Å². The Morgan fingerprint density at radius 3 is 2.83 bits per heavy atom. The van der Waals surface area contributed by atoms with Crippen LogP contribution in [0, 0.1) is 5.41 Å². The molecule has 4 aliphatic heterocycles. The van der Waals surface area contributed by atoms with Gasteiger partial charge in [-0.15, -0.1) is 6.58 Å². The fraction of sp³-hybridized carbons (Fsp3) is 0.455. The lowest BCUT2D eigenvalue weighted by atomic mass is 9.60. The molecule has 0 aromatic heterocycles. The number of aliphatic imine (C=N–C) groups is 2. The van der Waals surface area contributed by atoms with E-state index in [0.717, 1.165) is 11.3 Å². The number of amides is 2. The predicted molar refractivity (Wildman–Crippen MR) is 112 cm³/mol. The average Bonchev–Trinajstić information content (AvgIpc) is 3.40. The normalized spacial score (nSPS) is 34.5. The van der Waals surface area contributed by atoms with Crippen LogP contribution in [-0.4, -0.2) is 53.6 Å². The number of anilines is 1. The van der Waals surface area contributed by atoms with Crippen molar-refractivity contribution in [3.8, 4) is 0 Å². The standard InChI is InChI=1S/C22H25N5O2/c1-4-21(2,3)22-10-17-18(28)25-16(9-13-11-23-12-24-13)19(29)27(17)20(22)26-15-8-6-5-7-14(15)22/h4-8,11-13,16-17,20,26H,1,9-10H2,2-3H3,(H,25,28). The van der Waals surface area contributed by atoms with Crippen molar-refractivity contribution >= 4 is 30.1 Å². The van der Waals surface area contributed by atoms with E-state index in [9.17, 15) is 9.59 Å². The minimum absolute atomic E-state index is 0.0582. The van der Waals surface area contributed by atoms with E-state index in [1.807, 2.05) is 24.3 Å². The molecule has 2 fully saturated rings. The lowest BCUT2D eigenvalue weighted by Crippen LogP contribution is -2.64. The summed E-state index contributed by atoms with van der Waals surface area (Å²) in [5.74, 6) is -0.154. The molecule has 0 aliphatic carbocycles. The van der Waals surface area contributed by atoms with Crippen molar-refractivity contribution in [2.75, 3.05) is 5.32 Å². The van der Waals surface area contributed by atoms with Crippen molar-refractivity contribution in [2.24, 2.45) is 15.4 Å². The van der Waals surface area contributed by atoms with E-state index in [1.54, 1.807) is 11.1 Å². The number of hydrogen-bond donors (Lipinski definition) is 2. The maximum atomic E-state index is 13.5. The van der Waals surface area contributed by atoms with Crippen molar-refractivity contribution in [2.45, 2.75) is 56.4 Å². The van der Waals surface area contributed by atoms with Crippen molar-refractivity contribution in [3.63, 3.8) is 0 Å². The Hall–Kier alpha value is -2.96. The van der Waals surface area contributed by atoms with Crippen LogP contribution in [0.4, 0.5) is 5.69 Å². The van der Waals surface area contributed by atoms with Gasteiger partial charge in [0.15, 0.2) is 0 Å². The van der Waals surface area contributed by atoms with Crippen LogP contribution in [0.3, 0.4) is 0 Å². The first-order valence-corrected chi connectivity index (χ1v) is 10.1. The molecule has 0 radical (unpaired) electrons. The minimum Gasteiger partial charge on any atom is -0.364 e. The quantitative estimate of drug-likeness (QED) is 0.768. The van der Waals surface area contributed by atoms with Crippen LogP contribution in [0.1, 0.15) is 32.3 Å². The fourth-order valence-electron chi connectivity index (χ4n) is 5.51. The third-order valence-corrected chi connectivity index (χ3v) is 7.19. The van der Waals surface area contributed by atoms with Gasteiger partial charge >= 0.3 is 0 Å². The summed E-state index contributed by atoms with van der Waals surface area (Å²) in [6.45, 7) is 8.36. The molecule has 5 atom stereocenters. The van der Waals surface area contributed by atoms with Crippen molar-refractivity contribution in [1.82, 2.24) is 10.2 Å². The Kier molecular flexibility index (Phi) is 3.75. The van der Waals surface area contributed by atoms with Gasteiger partial charge < -0.3 is 15.5 Å². The molecule has 1 aromatic carbocycles. The summed E-state index contributed by atoms with van der Waals surface area (Å²) in [5.41, 5.74) is 1.42. The van der Waals surface area contributed by atoms with Gasteiger partial charge in [-0.1, -0.05) is 38.1 Å². The lowest BCUT2D eigenvalue weighted by molar-refractivity contribution is -0.149. The Labute approximate surface area is 170 Å². The van der Waals surface area contributed by atoms with Gasteiger partial charge in [-0.25, -0.2) is 4.99 Å². The molecule has 29 heavy (non-hydrogen) atoms. The summed E-state index contributed by atoms with van der Waals surface area (Å²) < 4.78 is 0. The van der Waals surface area contributed by atoms with Crippen molar-refractivity contribution in [3.05, 3.63) is 42.5 Å². The number of allylic oxidation sites excluding steroid dienone is 1. The fourth-order valence-corrected chi connectivity index (χ4v) is 5.51. The second-order valence-electron chi connectivity index (χ2n) is 8.88. The van der Waals surface area contributed by atoms with Crippen LogP contribution in [0.2, 0.25) is 0 Å². The molecule has 0 spiro atoms. The van der Waals surface area contributed by atoms with Gasteiger partial charge in [-0.3, -0.25) is 14.6 Å². The summed E-state index contributed by atoms with van der Waals surface area (Å²) >= 11 is 0. The summed E-state index contributed by atoms with van der Waals surface area (Å²) in [6, 6.07) is 6.89. The smallest absolute Gasteiger partial charge is 0.247 e. The molecule has 7 nitrogen and oxygen atoms in total. The maximum Gasteiger partial charge on any atom is 0.247 e. The molecule has 0 saturated carbocycles. The van der Waals surface area contributed by atoms with E-state index < -0.39 is 17.5 Å². The first-order valence-electron chi connectivity index (χ1n) is 10.1. The van der Waals surface area contributed by atoms with Gasteiger partial charge in [0.05, 0.1) is 6.04 Å². The van der Waals surface area contributed by atoms with Crippen LogP contribution in [0.25, 0.3) is 0 Å². The Morgan fingerprint density at radius 2 is 2.10 bits per heavy atom. The second-order valence-corrected chi connectivity index (χ2v) is 8.88. The summed E-state index contributed by atoms with van der Waals surface area (Å²) in [5, 5.41) is 6.51. The van der Waals surface area contributed by atoms with Crippen LogP contribution in [0.5, 0.6) is 0 Å². The molecule has 7 heteroatoms. The van der Waals surface area contributed by atoms with E-state index >= 15 is 0 Å². The van der Waals surface area contributed by atoms with Gasteiger partial charge in [0.1, 0.15) is 24.6 Å². The van der Waals surface area contributed by atoms with E-state index in [1.165, 1.54) is 6.34 Å². The number of carbonyl (C=O) groups is 2. The first kappa shape index (κ1) is 18.1. The molecule has 4 aliphatic rings. The van der Waals surface area contributed by atoms with Crippen LogP contribution in [0.15, 0.2) is 46.9 Å². The molecule has 150 valence electrons. The highest BCUT2D eigenvalue weighted by Gasteiger charge is 2.67. The van der Waals surface area contributed by atoms with E-state index in [-0.39, 0.29) is 29.4 Å². The highest BCUT2D eigenvalue weighted by atomic mass is 16.2. The molecule has 2 N–H and O–H groups in total. The van der Waals surface area contributed by atoms with Gasteiger partial charge in [0.2, 0.25) is 11.8 Å². The molecule has 0 bridgehead atoms. The van der Waals surface area contributed by atoms with Gasteiger partial charge in [-0.05, 0) is 23.5 Å². The third kappa shape index (κ3) is 2.30. The van der Waals surface area contributed by atoms with E-state index in [4.69, 9.17) is 0 Å². The predicted octanol–water partition coefficient (Wildman–Crippen LogP) is 1.86. The van der Waals surface area contributed by atoms with E-state index in [0.29, 0.717) is 12.8 Å². The molecule has 2 amide bonds. The number of fused-ring (bicyclic) bond motifs is 5. The zero-order valence-corrected chi connectivity index (χ0v) is 16.6. The van der Waals surface area contributed by atoms with Crippen molar-refractivity contribution in [1.29, 1.82) is 0 Å². The number of piperazine rings is 1. The number of nitrogens with zero attached hydrogens (tertiary/aromatic N) is 3. The molecular weight excluding hydrogens is 366 g/mol. The maximum absolute atomic E-state index is 13.5. The number of para-hydroxylation sites is 1. The zero-order chi connectivity index (χ0) is 20.4. The SMILES string of the molecule is C=CC(C)(C)C12CC3C(=O)NC(CC4C=NC=N4)C(=O)N3C1Nc1ccccc12. The molecular formula is C22H25N5O2. The Balaban J connectivity index is 1.57. The molecule has 2 saturated heterocycles. The first-order chi connectivity index (χ1) is 13.9. The molecule has 4 heterocycles. The Bertz CT molecular complexity index is 956. The number of rotatable bonds is 4. The minimum atomic E-state index is -0.599. The topological polar surface area (TPSA) is 86.2 Å². The van der Waals surface area contributed by atoms with Crippen LogP contribution in [-0.2, 0) is 15.0 Å². The zero-order valence-electron chi connectivity index (χ0n) is 16.6. The van der Waals surface area contributed by atoms with E-state index in [2.05, 4.69) is 47.1 Å². The highest BCUT2D eigenvalue weighted by Crippen LogP contribution is 2.60. The summed E-state index contributed by atoms with van der Waals surface area (Å²) in [6.07, 6.45) is 5.85. The summed E-state index contributed by atoms with van der Waals surface area (Å²) in [7, 11) is 0. The number of hydrogen-bond acceptors (Lipinski definition) is 5. The monoisotopic (exact) mass is 391 g/mol. The molecule has 5 unspecified atom stereocenters. The van der Waals surface area contributed by atoms with Gasteiger partial charge in [-0.2, -0.15) is 0 Å². The largest absolute Gasteiger partial charge is 0.364 e. The van der Waals surface area contributed by atoms with Gasteiger partial charge in [0.25, 0.3) is 0 Å². The Morgan fingerprint density at radius 1 is 1.31 bits per heavy atom. The summed E-state index contributed by atoms with van der Waals surface area (Å²) in [4.78, 5) is 36.6. The lowest BCUT2D eigenvalue weighted by Gasteiger charge is -2.44. The van der Waals surface area contributed by atoms with Crippen LogP contribution < -0.4 is 10.6 Å². The van der Waals surface area contributed by atoms with Crippen LogP contribution >= 0.6 is 0 Å².